The van der Waals surface area contributed by atoms with Gasteiger partial charge in [-0.2, -0.15) is 0 Å². The van der Waals surface area contributed by atoms with Crippen molar-refractivity contribution in [1.82, 2.24) is 15.2 Å². The highest BCUT2D eigenvalue weighted by Gasteiger charge is 1.99. The highest BCUT2D eigenvalue weighted by molar-refractivity contribution is 5.09. The number of nitrogens with zero attached hydrogens (tertiary/aromatic N) is 1. The Kier molecular flexibility index (Phi) is 4.35. The first-order valence-electron chi connectivity index (χ1n) is 4.73. The van der Waals surface area contributed by atoms with Crippen LogP contribution in [0.3, 0.4) is 0 Å². The van der Waals surface area contributed by atoms with Crippen LogP contribution >= 0.6 is 0 Å². The zero-order valence-electron chi connectivity index (χ0n) is 8.71. The summed E-state index contributed by atoms with van der Waals surface area (Å²) in [5.41, 5.74) is 1.01. The molecular formula is C10H17N3O. The fourth-order valence-electron chi connectivity index (χ4n) is 1.28. The molecular weight excluding hydrogens is 178 g/mol. The zero-order valence-corrected chi connectivity index (χ0v) is 8.71. The Hall–Kier alpha value is -1.13. The highest BCUT2D eigenvalue weighted by atomic mass is 16.1. The van der Waals surface area contributed by atoms with Crippen molar-refractivity contribution in [3.8, 4) is 0 Å². The molecule has 1 heterocycles. The van der Waals surface area contributed by atoms with Crippen LogP contribution in [-0.4, -0.2) is 37.1 Å². The second-order valence-corrected chi connectivity index (χ2v) is 3.40. The van der Waals surface area contributed by atoms with Gasteiger partial charge in [-0.15, -0.1) is 0 Å². The summed E-state index contributed by atoms with van der Waals surface area (Å²) in [6.07, 6.45) is 1.68. The number of likely N-dealkylation sites (N-methyl/N-ethyl adjacent to an activating group) is 2. The first-order chi connectivity index (χ1) is 6.72. The van der Waals surface area contributed by atoms with E-state index in [0.717, 1.165) is 25.2 Å². The molecule has 0 radical (unpaired) electrons. The molecule has 1 aromatic rings. The van der Waals surface area contributed by atoms with Gasteiger partial charge in [0.1, 0.15) is 0 Å². The van der Waals surface area contributed by atoms with Crippen molar-refractivity contribution >= 4 is 0 Å². The van der Waals surface area contributed by atoms with Crippen molar-refractivity contribution in [1.29, 1.82) is 0 Å². The van der Waals surface area contributed by atoms with E-state index in [1.165, 1.54) is 0 Å². The molecule has 0 aliphatic rings. The number of aromatic nitrogens is 1. The van der Waals surface area contributed by atoms with Gasteiger partial charge in [0.15, 0.2) is 0 Å². The van der Waals surface area contributed by atoms with Crippen LogP contribution < -0.4 is 10.9 Å². The Morgan fingerprint density at radius 2 is 2.36 bits per heavy atom. The lowest BCUT2D eigenvalue weighted by atomic mass is 10.2. The second-order valence-electron chi connectivity index (χ2n) is 3.40. The topological polar surface area (TPSA) is 48.1 Å². The van der Waals surface area contributed by atoms with E-state index in [4.69, 9.17) is 0 Å². The third-order valence-corrected chi connectivity index (χ3v) is 2.04. The molecule has 0 saturated carbocycles. The van der Waals surface area contributed by atoms with Crippen LogP contribution in [0.15, 0.2) is 23.1 Å². The largest absolute Gasteiger partial charge is 0.329 e. The van der Waals surface area contributed by atoms with E-state index in [9.17, 15) is 4.79 Å². The monoisotopic (exact) mass is 195 g/mol. The maximum Gasteiger partial charge on any atom is 0.248 e. The van der Waals surface area contributed by atoms with Gasteiger partial charge < -0.3 is 15.2 Å². The fraction of sp³-hybridized carbons (Fsp3) is 0.500. The van der Waals surface area contributed by atoms with Gasteiger partial charge in [-0.05, 0) is 25.7 Å². The van der Waals surface area contributed by atoms with E-state index in [0.29, 0.717) is 0 Å². The van der Waals surface area contributed by atoms with Crippen LogP contribution in [0.4, 0.5) is 0 Å². The molecule has 2 N–H and O–H groups in total. The molecule has 1 aromatic heterocycles. The van der Waals surface area contributed by atoms with Crippen LogP contribution in [0, 0.1) is 0 Å². The molecule has 4 heteroatoms. The molecule has 4 nitrogen and oxygen atoms in total. The quantitative estimate of drug-likeness (QED) is 0.696. The first kappa shape index (κ1) is 10.9. The van der Waals surface area contributed by atoms with Gasteiger partial charge >= 0.3 is 0 Å². The maximum absolute atomic E-state index is 11.0. The molecule has 0 spiro atoms. The van der Waals surface area contributed by atoms with Gasteiger partial charge in [0, 0.05) is 31.9 Å². The van der Waals surface area contributed by atoms with Gasteiger partial charge in [-0.1, -0.05) is 0 Å². The Morgan fingerprint density at radius 1 is 1.57 bits per heavy atom. The average Bonchev–Trinajstić information content (AvgIpc) is 2.15. The molecule has 0 saturated heterocycles. The molecule has 0 bridgehead atoms. The number of nitrogens with one attached hydrogen (secondary N) is 2. The predicted octanol–water partition coefficient (Wildman–Crippen LogP) is 0.0261. The van der Waals surface area contributed by atoms with E-state index in [-0.39, 0.29) is 5.56 Å². The minimum absolute atomic E-state index is 0.0375. The summed E-state index contributed by atoms with van der Waals surface area (Å²) in [6, 6.07) is 3.56. The summed E-state index contributed by atoms with van der Waals surface area (Å²) in [6.45, 7) is 2.74. The summed E-state index contributed by atoms with van der Waals surface area (Å²) in [4.78, 5) is 15.8. The lowest BCUT2D eigenvalue weighted by Crippen LogP contribution is -2.27. The van der Waals surface area contributed by atoms with Gasteiger partial charge in [0.2, 0.25) is 5.56 Å². The van der Waals surface area contributed by atoms with Crippen molar-refractivity contribution in [3.63, 3.8) is 0 Å². The lowest BCUT2D eigenvalue weighted by Gasteiger charge is -2.15. The van der Waals surface area contributed by atoms with Gasteiger partial charge in [-0.25, -0.2) is 0 Å². The third-order valence-electron chi connectivity index (χ3n) is 2.04. The summed E-state index contributed by atoms with van der Waals surface area (Å²) >= 11 is 0. The summed E-state index contributed by atoms with van der Waals surface area (Å²) in [7, 11) is 3.97. The van der Waals surface area contributed by atoms with Crippen molar-refractivity contribution in [2.24, 2.45) is 0 Å². The molecule has 0 aliphatic heterocycles. The van der Waals surface area contributed by atoms with Crippen LogP contribution in [0.2, 0.25) is 0 Å². The Morgan fingerprint density at radius 3 is 3.00 bits per heavy atom. The van der Waals surface area contributed by atoms with Crippen LogP contribution in [0.25, 0.3) is 0 Å². The summed E-state index contributed by atoms with van der Waals surface area (Å²) < 4.78 is 0. The molecule has 1 rings (SSSR count). The lowest BCUT2D eigenvalue weighted by molar-refractivity contribution is 0.328. The number of aromatic amines is 1. The SMILES string of the molecule is CNCCN(C)Cc1cc[nH]c(=O)c1. The average molecular weight is 195 g/mol. The fourth-order valence-corrected chi connectivity index (χ4v) is 1.28. The summed E-state index contributed by atoms with van der Waals surface area (Å²) in [5, 5.41) is 3.09. The summed E-state index contributed by atoms with van der Waals surface area (Å²) in [5.74, 6) is 0. The standard InChI is InChI=1S/C10H17N3O/c1-11-5-6-13(2)8-9-3-4-12-10(14)7-9/h3-4,7,11H,5-6,8H2,1-2H3,(H,12,14). The molecule has 0 amide bonds. The normalized spacial score (nSPS) is 10.8. The van der Waals surface area contributed by atoms with E-state index in [1.807, 2.05) is 20.2 Å². The number of hydrogen-bond acceptors (Lipinski definition) is 3. The van der Waals surface area contributed by atoms with E-state index in [1.54, 1.807) is 12.3 Å². The number of rotatable bonds is 5. The molecule has 14 heavy (non-hydrogen) atoms. The second kappa shape index (κ2) is 5.57. The van der Waals surface area contributed by atoms with Gasteiger partial charge in [0.05, 0.1) is 0 Å². The van der Waals surface area contributed by atoms with Gasteiger partial charge in [-0.3, -0.25) is 4.79 Å². The Labute approximate surface area is 83.9 Å². The molecule has 0 atom stereocenters. The van der Waals surface area contributed by atoms with E-state index < -0.39 is 0 Å². The van der Waals surface area contributed by atoms with Crippen molar-refractivity contribution in [3.05, 3.63) is 34.2 Å². The van der Waals surface area contributed by atoms with E-state index >= 15 is 0 Å². The molecule has 0 fully saturated rings. The number of hydrogen-bond donors (Lipinski definition) is 2. The maximum atomic E-state index is 11.0. The number of pyridine rings is 1. The van der Waals surface area contributed by atoms with Crippen molar-refractivity contribution in [2.75, 3.05) is 27.2 Å². The van der Waals surface area contributed by atoms with E-state index in [2.05, 4.69) is 15.2 Å². The molecule has 0 aliphatic carbocycles. The van der Waals surface area contributed by atoms with Crippen molar-refractivity contribution in [2.45, 2.75) is 6.54 Å². The van der Waals surface area contributed by atoms with Crippen LogP contribution in [0.1, 0.15) is 5.56 Å². The highest BCUT2D eigenvalue weighted by Crippen LogP contribution is 1.97. The van der Waals surface area contributed by atoms with Crippen LogP contribution in [-0.2, 0) is 6.54 Å². The Balaban J connectivity index is 2.47. The number of H-pyrrole nitrogens is 1. The molecule has 0 unspecified atom stereocenters. The van der Waals surface area contributed by atoms with Crippen LogP contribution in [0.5, 0.6) is 0 Å². The molecule has 0 aromatic carbocycles. The van der Waals surface area contributed by atoms with Crippen molar-refractivity contribution < 1.29 is 0 Å². The smallest absolute Gasteiger partial charge is 0.248 e. The Bertz CT molecular complexity index is 321. The predicted molar refractivity (Wildman–Crippen MR) is 57.3 cm³/mol. The molecule has 78 valence electrons. The zero-order chi connectivity index (χ0) is 10.4. The minimum atomic E-state index is -0.0375. The third kappa shape index (κ3) is 3.72. The van der Waals surface area contributed by atoms with Gasteiger partial charge in [0.25, 0.3) is 0 Å². The minimum Gasteiger partial charge on any atom is -0.329 e. The first-order valence-corrected chi connectivity index (χ1v) is 4.73.